The summed E-state index contributed by atoms with van der Waals surface area (Å²) in [7, 11) is 0. The van der Waals surface area contributed by atoms with Gasteiger partial charge in [-0.15, -0.1) is 0 Å². The molecule has 1 aromatic heterocycles. The van der Waals surface area contributed by atoms with Gasteiger partial charge in [0.1, 0.15) is 11.9 Å². The monoisotopic (exact) mass is 236 g/mol. The Morgan fingerprint density at radius 3 is 2.71 bits per heavy atom. The van der Waals surface area contributed by atoms with E-state index in [1.54, 1.807) is 0 Å². The van der Waals surface area contributed by atoms with Gasteiger partial charge in [0.25, 0.3) is 0 Å². The van der Waals surface area contributed by atoms with Crippen molar-refractivity contribution in [2.45, 2.75) is 51.7 Å². The minimum Gasteiger partial charge on any atom is -0.357 e. The maximum absolute atomic E-state index is 11.7. The number of amides is 1. The van der Waals surface area contributed by atoms with E-state index in [1.165, 1.54) is 0 Å². The van der Waals surface area contributed by atoms with Gasteiger partial charge in [0.15, 0.2) is 0 Å². The molecule has 1 aromatic rings. The van der Waals surface area contributed by atoms with Crippen LogP contribution in [0.4, 0.5) is 5.82 Å². The van der Waals surface area contributed by atoms with E-state index < -0.39 is 0 Å². The SMILES string of the molecule is CC(Nc1ccn(C(C)C)n1)C(=O)NC1CC1. The fourth-order valence-electron chi connectivity index (χ4n) is 1.54. The summed E-state index contributed by atoms with van der Waals surface area (Å²) in [5.41, 5.74) is 0. The lowest BCUT2D eigenvalue weighted by Gasteiger charge is -2.13. The third-order valence-corrected chi connectivity index (χ3v) is 2.82. The first-order chi connectivity index (χ1) is 8.06. The molecule has 1 unspecified atom stereocenters. The Hall–Kier alpha value is -1.52. The second-order valence-electron chi connectivity index (χ2n) is 4.92. The Morgan fingerprint density at radius 2 is 2.18 bits per heavy atom. The quantitative estimate of drug-likeness (QED) is 0.815. The average molecular weight is 236 g/mol. The molecule has 94 valence electrons. The Bertz CT molecular complexity index is 395. The van der Waals surface area contributed by atoms with Crippen molar-refractivity contribution in [2.24, 2.45) is 0 Å². The molecule has 5 heteroatoms. The summed E-state index contributed by atoms with van der Waals surface area (Å²) in [5, 5.41) is 10.4. The zero-order valence-electron chi connectivity index (χ0n) is 10.6. The molecule has 1 saturated carbocycles. The maximum atomic E-state index is 11.7. The van der Waals surface area contributed by atoms with E-state index in [0.717, 1.165) is 18.7 Å². The van der Waals surface area contributed by atoms with E-state index in [4.69, 9.17) is 0 Å². The van der Waals surface area contributed by atoms with E-state index in [0.29, 0.717) is 12.1 Å². The van der Waals surface area contributed by atoms with Gasteiger partial charge in [-0.2, -0.15) is 5.10 Å². The number of rotatable bonds is 5. The van der Waals surface area contributed by atoms with E-state index >= 15 is 0 Å². The number of carbonyl (C=O) groups excluding carboxylic acids is 1. The number of nitrogens with one attached hydrogen (secondary N) is 2. The molecular weight excluding hydrogens is 216 g/mol. The third kappa shape index (κ3) is 3.22. The summed E-state index contributed by atoms with van der Waals surface area (Å²) in [6.07, 6.45) is 4.14. The second kappa shape index (κ2) is 4.77. The molecule has 0 saturated heterocycles. The zero-order valence-corrected chi connectivity index (χ0v) is 10.6. The van der Waals surface area contributed by atoms with Crippen LogP contribution in [-0.4, -0.2) is 27.8 Å². The van der Waals surface area contributed by atoms with Crippen LogP contribution < -0.4 is 10.6 Å². The first-order valence-electron chi connectivity index (χ1n) is 6.18. The minimum atomic E-state index is -0.244. The summed E-state index contributed by atoms with van der Waals surface area (Å²) >= 11 is 0. The van der Waals surface area contributed by atoms with Crippen molar-refractivity contribution in [1.82, 2.24) is 15.1 Å². The summed E-state index contributed by atoms with van der Waals surface area (Å²) in [6, 6.07) is 2.38. The molecule has 1 atom stereocenters. The predicted octanol–water partition coefficient (Wildman–Crippen LogP) is 1.54. The van der Waals surface area contributed by atoms with Crippen LogP contribution >= 0.6 is 0 Å². The van der Waals surface area contributed by atoms with Crippen LogP contribution in [0, 0.1) is 0 Å². The Labute approximate surface area is 102 Å². The first-order valence-corrected chi connectivity index (χ1v) is 6.18. The maximum Gasteiger partial charge on any atom is 0.242 e. The zero-order chi connectivity index (χ0) is 12.4. The van der Waals surface area contributed by atoms with E-state index in [9.17, 15) is 4.79 Å². The number of hydrogen-bond acceptors (Lipinski definition) is 3. The predicted molar refractivity (Wildman–Crippen MR) is 66.9 cm³/mol. The van der Waals surface area contributed by atoms with Crippen LogP contribution in [0.3, 0.4) is 0 Å². The summed E-state index contributed by atoms with van der Waals surface area (Å²) in [6.45, 7) is 5.99. The van der Waals surface area contributed by atoms with Gasteiger partial charge in [-0.05, 0) is 33.6 Å². The van der Waals surface area contributed by atoms with Gasteiger partial charge in [0, 0.05) is 24.3 Å². The summed E-state index contributed by atoms with van der Waals surface area (Å²) < 4.78 is 1.87. The fourth-order valence-corrected chi connectivity index (χ4v) is 1.54. The number of nitrogens with zero attached hydrogens (tertiary/aromatic N) is 2. The molecule has 0 radical (unpaired) electrons. The van der Waals surface area contributed by atoms with Gasteiger partial charge in [0.05, 0.1) is 0 Å². The van der Waals surface area contributed by atoms with Crippen LogP contribution in [-0.2, 0) is 4.79 Å². The Balaban J connectivity index is 1.87. The molecule has 5 nitrogen and oxygen atoms in total. The van der Waals surface area contributed by atoms with Crippen LogP contribution in [0.2, 0.25) is 0 Å². The topological polar surface area (TPSA) is 59.0 Å². The summed E-state index contributed by atoms with van der Waals surface area (Å²) in [4.78, 5) is 11.7. The number of carbonyl (C=O) groups is 1. The highest BCUT2D eigenvalue weighted by Crippen LogP contribution is 2.19. The minimum absolute atomic E-state index is 0.0478. The van der Waals surface area contributed by atoms with Crippen molar-refractivity contribution in [3.05, 3.63) is 12.3 Å². The van der Waals surface area contributed by atoms with E-state index in [2.05, 4.69) is 29.6 Å². The smallest absolute Gasteiger partial charge is 0.242 e. The molecular formula is C12H20N4O. The van der Waals surface area contributed by atoms with Gasteiger partial charge in [-0.25, -0.2) is 0 Å². The van der Waals surface area contributed by atoms with Gasteiger partial charge < -0.3 is 10.6 Å². The van der Waals surface area contributed by atoms with Crippen molar-refractivity contribution in [3.8, 4) is 0 Å². The molecule has 1 heterocycles. The van der Waals surface area contributed by atoms with Crippen molar-refractivity contribution >= 4 is 11.7 Å². The molecule has 1 fully saturated rings. The largest absolute Gasteiger partial charge is 0.357 e. The Kier molecular flexibility index (Phi) is 3.36. The van der Waals surface area contributed by atoms with Crippen molar-refractivity contribution in [2.75, 3.05) is 5.32 Å². The lowest BCUT2D eigenvalue weighted by atomic mass is 10.3. The fraction of sp³-hybridized carbons (Fsp3) is 0.667. The first kappa shape index (κ1) is 12.0. The molecule has 2 N–H and O–H groups in total. The lowest BCUT2D eigenvalue weighted by molar-refractivity contribution is -0.121. The molecule has 0 aliphatic heterocycles. The highest BCUT2D eigenvalue weighted by Gasteiger charge is 2.25. The normalized spacial score (nSPS) is 16.9. The number of hydrogen-bond donors (Lipinski definition) is 2. The molecule has 0 bridgehead atoms. The van der Waals surface area contributed by atoms with Gasteiger partial charge in [-0.1, -0.05) is 0 Å². The van der Waals surface area contributed by atoms with Crippen LogP contribution in [0.15, 0.2) is 12.3 Å². The van der Waals surface area contributed by atoms with Crippen molar-refractivity contribution in [3.63, 3.8) is 0 Å². The second-order valence-corrected chi connectivity index (χ2v) is 4.92. The van der Waals surface area contributed by atoms with Crippen LogP contribution in [0.5, 0.6) is 0 Å². The molecule has 1 aliphatic carbocycles. The van der Waals surface area contributed by atoms with Crippen LogP contribution in [0.1, 0.15) is 39.7 Å². The molecule has 17 heavy (non-hydrogen) atoms. The van der Waals surface area contributed by atoms with E-state index in [1.807, 2.05) is 23.9 Å². The standard InChI is InChI=1S/C12H20N4O/c1-8(2)16-7-6-11(15-16)13-9(3)12(17)14-10-4-5-10/h6-10H,4-5H2,1-3H3,(H,13,15)(H,14,17). The lowest BCUT2D eigenvalue weighted by Crippen LogP contribution is -2.38. The molecule has 2 rings (SSSR count). The third-order valence-electron chi connectivity index (χ3n) is 2.82. The number of aromatic nitrogens is 2. The highest BCUT2D eigenvalue weighted by atomic mass is 16.2. The van der Waals surface area contributed by atoms with Crippen molar-refractivity contribution in [1.29, 1.82) is 0 Å². The van der Waals surface area contributed by atoms with Gasteiger partial charge >= 0.3 is 0 Å². The van der Waals surface area contributed by atoms with Gasteiger partial charge in [-0.3, -0.25) is 9.48 Å². The summed E-state index contributed by atoms with van der Waals surface area (Å²) in [5.74, 6) is 0.795. The van der Waals surface area contributed by atoms with Crippen LogP contribution in [0.25, 0.3) is 0 Å². The number of anilines is 1. The molecule has 0 spiro atoms. The van der Waals surface area contributed by atoms with Gasteiger partial charge in [0.2, 0.25) is 5.91 Å². The van der Waals surface area contributed by atoms with E-state index in [-0.39, 0.29) is 11.9 Å². The highest BCUT2D eigenvalue weighted by molar-refractivity contribution is 5.84. The Morgan fingerprint density at radius 1 is 1.47 bits per heavy atom. The van der Waals surface area contributed by atoms with Crippen molar-refractivity contribution < 1.29 is 4.79 Å². The molecule has 0 aromatic carbocycles. The molecule has 1 aliphatic rings. The molecule has 1 amide bonds. The average Bonchev–Trinajstić information content (AvgIpc) is 2.94.